The molecule has 3 rings (SSSR count). The smallest absolute Gasteiger partial charge is 0.126 e. The Morgan fingerprint density at radius 1 is 1.42 bits per heavy atom. The highest BCUT2D eigenvalue weighted by Gasteiger charge is 2.03. The first kappa shape index (κ1) is 12.6. The second-order valence-electron chi connectivity index (χ2n) is 4.14. The number of nitrogens with zero attached hydrogens (tertiary/aromatic N) is 2. The van der Waals surface area contributed by atoms with Gasteiger partial charge in [-0.25, -0.2) is 4.98 Å². The fraction of sp³-hybridized carbons (Fsp3) is 0.154. The molecule has 19 heavy (non-hydrogen) atoms. The van der Waals surface area contributed by atoms with Gasteiger partial charge in [-0.1, -0.05) is 15.9 Å². The Kier molecular flexibility index (Phi) is 3.52. The van der Waals surface area contributed by atoms with Crippen molar-refractivity contribution in [2.45, 2.75) is 6.54 Å². The highest BCUT2D eigenvalue weighted by Crippen LogP contribution is 2.18. The number of H-pyrrole nitrogens is 1. The molecular formula is C13H13BrN4S. The number of aromatic amines is 1. The molecule has 2 heterocycles. The van der Waals surface area contributed by atoms with Gasteiger partial charge in [0.15, 0.2) is 0 Å². The summed E-state index contributed by atoms with van der Waals surface area (Å²) in [5, 5.41) is 3.35. The van der Waals surface area contributed by atoms with E-state index in [1.165, 1.54) is 0 Å². The lowest BCUT2D eigenvalue weighted by Crippen LogP contribution is -2.00. The van der Waals surface area contributed by atoms with Crippen LogP contribution in [0.4, 0.5) is 5.69 Å². The van der Waals surface area contributed by atoms with Gasteiger partial charge in [0.05, 0.1) is 23.3 Å². The summed E-state index contributed by atoms with van der Waals surface area (Å²) < 4.78 is 3.11. The Morgan fingerprint density at radius 3 is 3.11 bits per heavy atom. The minimum atomic E-state index is 0.685. The summed E-state index contributed by atoms with van der Waals surface area (Å²) >= 11 is 5.12. The predicted octanol–water partition coefficient (Wildman–Crippen LogP) is 3.87. The van der Waals surface area contributed by atoms with Gasteiger partial charge < -0.3 is 10.3 Å². The van der Waals surface area contributed by atoms with E-state index in [0.29, 0.717) is 6.54 Å². The van der Waals surface area contributed by atoms with Gasteiger partial charge in [0.25, 0.3) is 0 Å². The van der Waals surface area contributed by atoms with Gasteiger partial charge in [0.1, 0.15) is 5.82 Å². The summed E-state index contributed by atoms with van der Waals surface area (Å²) in [6, 6.07) is 8.09. The zero-order chi connectivity index (χ0) is 13.2. The summed E-state index contributed by atoms with van der Waals surface area (Å²) in [6.07, 6.45) is 6.13. The third-order valence-corrected chi connectivity index (χ3v) is 3.97. The van der Waals surface area contributed by atoms with Crippen LogP contribution in [-0.4, -0.2) is 20.2 Å². The molecule has 0 radical (unpaired) electrons. The van der Waals surface area contributed by atoms with Crippen molar-refractivity contribution in [3.8, 4) is 0 Å². The van der Waals surface area contributed by atoms with Gasteiger partial charge >= 0.3 is 0 Å². The van der Waals surface area contributed by atoms with E-state index in [9.17, 15) is 0 Å². The third kappa shape index (κ3) is 2.79. The molecule has 0 aliphatic carbocycles. The second kappa shape index (κ2) is 5.30. The Bertz CT molecular complexity index is 704. The van der Waals surface area contributed by atoms with Gasteiger partial charge in [-0.2, -0.15) is 0 Å². The van der Waals surface area contributed by atoms with Crippen LogP contribution in [0, 0.1) is 0 Å². The topological polar surface area (TPSA) is 45.6 Å². The molecule has 98 valence electrons. The molecule has 0 saturated carbocycles. The second-order valence-corrected chi connectivity index (χ2v) is 5.84. The Labute approximate surface area is 123 Å². The first-order chi connectivity index (χ1) is 9.24. The maximum absolute atomic E-state index is 4.54. The maximum atomic E-state index is 4.54. The maximum Gasteiger partial charge on any atom is 0.126 e. The Balaban J connectivity index is 1.74. The number of benzene rings is 1. The molecular weight excluding hydrogens is 324 g/mol. The number of halogens is 1. The Hall–Kier alpha value is -1.40. The van der Waals surface area contributed by atoms with Crippen molar-refractivity contribution in [1.82, 2.24) is 13.9 Å². The lowest BCUT2D eigenvalue weighted by atomic mass is 10.3. The number of anilines is 1. The van der Waals surface area contributed by atoms with Crippen LogP contribution in [0.2, 0.25) is 0 Å². The molecule has 0 unspecified atom stereocenters. The molecule has 6 heteroatoms. The van der Waals surface area contributed by atoms with E-state index < -0.39 is 0 Å². The summed E-state index contributed by atoms with van der Waals surface area (Å²) in [6.45, 7) is 0.685. The monoisotopic (exact) mass is 336 g/mol. The van der Waals surface area contributed by atoms with Crippen LogP contribution < -0.4 is 5.32 Å². The number of hydrogen-bond acceptors (Lipinski definition) is 3. The van der Waals surface area contributed by atoms with Crippen molar-refractivity contribution in [2.75, 3.05) is 11.6 Å². The number of nitrogens with one attached hydrogen (secondary N) is 2. The van der Waals surface area contributed by atoms with Crippen molar-refractivity contribution in [2.24, 2.45) is 0 Å². The van der Waals surface area contributed by atoms with Crippen LogP contribution in [0.15, 0.2) is 41.1 Å². The molecule has 0 amide bonds. The van der Waals surface area contributed by atoms with Crippen LogP contribution >= 0.6 is 27.9 Å². The first-order valence-corrected chi connectivity index (χ1v) is 7.82. The van der Waals surface area contributed by atoms with E-state index in [1.54, 1.807) is 11.9 Å². The minimum absolute atomic E-state index is 0.685. The van der Waals surface area contributed by atoms with Crippen LogP contribution in [-0.2, 0) is 6.54 Å². The van der Waals surface area contributed by atoms with E-state index in [0.717, 1.165) is 27.0 Å². The van der Waals surface area contributed by atoms with Crippen molar-refractivity contribution < 1.29 is 0 Å². The molecule has 0 atom stereocenters. The molecule has 2 aromatic heterocycles. The van der Waals surface area contributed by atoms with Crippen molar-refractivity contribution in [1.29, 1.82) is 0 Å². The molecule has 3 aromatic rings. The molecule has 0 fully saturated rings. The van der Waals surface area contributed by atoms with Crippen LogP contribution in [0.5, 0.6) is 0 Å². The van der Waals surface area contributed by atoms with E-state index in [1.807, 2.05) is 30.7 Å². The molecule has 0 aliphatic rings. The van der Waals surface area contributed by atoms with E-state index >= 15 is 0 Å². The number of fused-ring (bicyclic) bond motifs is 1. The summed E-state index contributed by atoms with van der Waals surface area (Å²) in [4.78, 5) is 7.86. The fourth-order valence-electron chi connectivity index (χ4n) is 1.90. The summed E-state index contributed by atoms with van der Waals surface area (Å²) in [5.41, 5.74) is 3.13. The molecule has 4 nitrogen and oxygen atoms in total. The SMILES string of the molecule is CSn1ccc(NCc2nc3ccc(Br)cc3[nH]2)c1. The fourth-order valence-corrected chi connectivity index (χ4v) is 2.66. The van der Waals surface area contributed by atoms with Crippen molar-refractivity contribution in [3.05, 3.63) is 47.0 Å². The molecule has 0 saturated heterocycles. The molecule has 1 aromatic carbocycles. The van der Waals surface area contributed by atoms with E-state index in [4.69, 9.17) is 0 Å². The summed E-state index contributed by atoms with van der Waals surface area (Å²) in [7, 11) is 0. The standard InChI is InChI=1S/C13H13BrN4S/c1-19-18-5-4-10(8-18)15-7-13-16-11-3-2-9(14)6-12(11)17-13/h2-6,8,15H,7H2,1H3,(H,16,17). The highest BCUT2D eigenvalue weighted by atomic mass is 79.9. The molecule has 0 aliphatic heterocycles. The van der Waals surface area contributed by atoms with Crippen LogP contribution in [0.1, 0.15) is 5.82 Å². The van der Waals surface area contributed by atoms with Gasteiger partial charge in [-0.05, 0) is 36.2 Å². The lowest BCUT2D eigenvalue weighted by molar-refractivity contribution is 1.01. The number of rotatable bonds is 4. The zero-order valence-corrected chi connectivity index (χ0v) is 12.8. The first-order valence-electron chi connectivity index (χ1n) is 5.85. The minimum Gasteiger partial charge on any atom is -0.377 e. The van der Waals surface area contributed by atoms with E-state index in [2.05, 4.69) is 47.5 Å². The largest absolute Gasteiger partial charge is 0.377 e. The average Bonchev–Trinajstić information content (AvgIpc) is 3.01. The zero-order valence-electron chi connectivity index (χ0n) is 10.4. The van der Waals surface area contributed by atoms with Gasteiger partial charge in [-0.3, -0.25) is 3.97 Å². The lowest BCUT2D eigenvalue weighted by Gasteiger charge is -2.00. The van der Waals surface area contributed by atoms with Gasteiger partial charge in [-0.15, -0.1) is 0 Å². The van der Waals surface area contributed by atoms with Gasteiger partial charge in [0.2, 0.25) is 0 Å². The van der Waals surface area contributed by atoms with Crippen LogP contribution in [0.3, 0.4) is 0 Å². The average molecular weight is 337 g/mol. The van der Waals surface area contributed by atoms with Crippen molar-refractivity contribution >= 4 is 44.6 Å². The normalized spacial score (nSPS) is 11.1. The van der Waals surface area contributed by atoms with Crippen molar-refractivity contribution in [3.63, 3.8) is 0 Å². The highest BCUT2D eigenvalue weighted by molar-refractivity contribution is 9.10. The Morgan fingerprint density at radius 2 is 2.32 bits per heavy atom. The number of aromatic nitrogens is 3. The predicted molar refractivity (Wildman–Crippen MR) is 84.5 cm³/mol. The third-order valence-electron chi connectivity index (χ3n) is 2.83. The molecule has 0 bridgehead atoms. The molecule has 2 N–H and O–H groups in total. The quantitative estimate of drug-likeness (QED) is 0.760. The van der Waals surface area contributed by atoms with Gasteiger partial charge in [0, 0.05) is 23.1 Å². The number of imidazole rings is 1. The molecule has 0 spiro atoms. The van der Waals surface area contributed by atoms with E-state index in [-0.39, 0.29) is 0 Å². The number of hydrogen-bond donors (Lipinski definition) is 2. The summed E-state index contributed by atoms with van der Waals surface area (Å²) in [5.74, 6) is 0.935. The van der Waals surface area contributed by atoms with Crippen LogP contribution in [0.25, 0.3) is 11.0 Å².